The van der Waals surface area contributed by atoms with Gasteiger partial charge in [0, 0.05) is 42.5 Å². The predicted molar refractivity (Wildman–Crippen MR) is 117 cm³/mol. The van der Waals surface area contributed by atoms with Crippen LogP contribution in [0, 0.1) is 35.0 Å². The summed E-state index contributed by atoms with van der Waals surface area (Å²) in [5, 5.41) is 27.6. The molecule has 1 spiro atoms. The van der Waals surface area contributed by atoms with Crippen molar-refractivity contribution in [2.45, 2.75) is 13.3 Å². The predicted octanol–water partition coefficient (Wildman–Crippen LogP) is 2.30. The lowest BCUT2D eigenvalue weighted by Gasteiger charge is -2.47. The molecule has 1 amide bonds. The lowest BCUT2D eigenvalue weighted by atomic mass is 9.79. The largest absolute Gasteiger partial charge is 0.355 e. The second-order valence-electron chi connectivity index (χ2n) is 8.48. The number of rotatable bonds is 3. The second-order valence-corrected chi connectivity index (χ2v) is 8.48. The molecular weight excluding hydrogens is 404 g/mol. The van der Waals surface area contributed by atoms with Crippen molar-refractivity contribution in [2.75, 3.05) is 31.1 Å². The van der Waals surface area contributed by atoms with E-state index in [-0.39, 0.29) is 17.1 Å². The minimum atomic E-state index is -0.0634. The van der Waals surface area contributed by atoms with E-state index in [9.17, 15) is 15.3 Å². The van der Waals surface area contributed by atoms with Crippen molar-refractivity contribution in [3.8, 4) is 23.4 Å². The average molecular weight is 424 g/mol. The quantitative estimate of drug-likeness (QED) is 0.639. The van der Waals surface area contributed by atoms with Crippen molar-refractivity contribution in [3.63, 3.8) is 0 Å². The van der Waals surface area contributed by atoms with Crippen molar-refractivity contribution in [1.29, 1.82) is 10.5 Å². The third-order valence-corrected chi connectivity index (χ3v) is 6.45. The Kier molecular flexibility index (Phi) is 4.42. The maximum absolute atomic E-state index is 11.9. The normalized spacial score (nSPS) is 16.6. The van der Waals surface area contributed by atoms with Gasteiger partial charge in [-0.2, -0.15) is 15.6 Å². The lowest BCUT2D eigenvalue weighted by molar-refractivity contribution is -0.136. The number of benzene rings is 1. The molecule has 9 nitrogen and oxygen atoms in total. The Morgan fingerprint density at radius 1 is 1.25 bits per heavy atom. The van der Waals surface area contributed by atoms with Crippen LogP contribution in [0.3, 0.4) is 0 Å². The zero-order valence-corrected chi connectivity index (χ0v) is 17.6. The van der Waals surface area contributed by atoms with Gasteiger partial charge in [-0.25, -0.2) is 9.97 Å². The number of anilines is 1. The SMILES string of the molecule is C=CC(=O)N1CC2(CCN(c3nc(C#N)nc(-c4c(C)ccc5[nH]ncc45)c3C#N)C2)C1. The van der Waals surface area contributed by atoms with Crippen molar-refractivity contribution < 1.29 is 4.79 Å². The van der Waals surface area contributed by atoms with Gasteiger partial charge in [0.2, 0.25) is 11.7 Å². The maximum Gasteiger partial charge on any atom is 0.245 e. The van der Waals surface area contributed by atoms with E-state index in [0.29, 0.717) is 43.3 Å². The second kappa shape index (κ2) is 7.17. The molecule has 0 saturated carbocycles. The first-order valence-electron chi connectivity index (χ1n) is 10.3. The van der Waals surface area contributed by atoms with Crippen LogP contribution in [0.5, 0.6) is 0 Å². The standard InChI is InChI=1S/C23H20N8O/c1-3-19(32)31-12-23(13-31)6-7-30(11-23)22-15(8-24)21(27-18(9-25)28-22)20-14(2)4-5-17-16(20)10-26-29-17/h3-5,10H,1,6-7,11-13H2,2H3,(H,26,29). The Hall–Kier alpha value is -4.24. The van der Waals surface area contributed by atoms with Gasteiger partial charge in [0.15, 0.2) is 5.82 Å². The molecule has 2 aliphatic rings. The molecule has 0 aliphatic carbocycles. The fraction of sp³-hybridized carbons (Fsp3) is 0.304. The number of fused-ring (bicyclic) bond motifs is 1. The molecule has 2 saturated heterocycles. The topological polar surface area (TPSA) is 126 Å². The number of aromatic nitrogens is 4. The van der Waals surface area contributed by atoms with E-state index in [2.05, 4.69) is 32.8 Å². The Balaban J connectivity index is 1.58. The number of hydrogen-bond donors (Lipinski definition) is 1. The molecule has 2 fully saturated rings. The molecule has 9 heteroatoms. The molecule has 0 bridgehead atoms. The first-order valence-corrected chi connectivity index (χ1v) is 10.3. The number of aromatic amines is 1. The Morgan fingerprint density at radius 3 is 2.78 bits per heavy atom. The Morgan fingerprint density at radius 2 is 2.06 bits per heavy atom. The van der Waals surface area contributed by atoms with E-state index in [1.54, 1.807) is 11.1 Å². The minimum absolute atomic E-state index is 0.0203. The highest BCUT2D eigenvalue weighted by Gasteiger charge is 2.49. The van der Waals surface area contributed by atoms with Gasteiger partial charge in [-0.15, -0.1) is 0 Å². The van der Waals surface area contributed by atoms with Crippen LogP contribution >= 0.6 is 0 Å². The number of likely N-dealkylation sites (tertiary alicyclic amines) is 1. The molecule has 0 atom stereocenters. The third-order valence-electron chi connectivity index (χ3n) is 6.45. The molecule has 5 rings (SSSR count). The molecule has 3 aromatic rings. The number of carbonyl (C=O) groups is 1. The molecule has 1 N–H and O–H groups in total. The van der Waals surface area contributed by atoms with Crippen LogP contribution in [0.15, 0.2) is 31.0 Å². The number of hydrogen-bond acceptors (Lipinski definition) is 7. The Labute approximate surface area is 184 Å². The number of nitrogens with one attached hydrogen (secondary N) is 1. The van der Waals surface area contributed by atoms with Crippen LogP contribution in [0.25, 0.3) is 22.2 Å². The van der Waals surface area contributed by atoms with Crippen molar-refractivity contribution >= 4 is 22.6 Å². The van der Waals surface area contributed by atoms with E-state index < -0.39 is 0 Å². The number of nitrogens with zero attached hydrogens (tertiary/aromatic N) is 7. The summed E-state index contributed by atoms with van der Waals surface area (Å²) in [5.41, 5.74) is 3.29. The van der Waals surface area contributed by atoms with E-state index >= 15 is 0 Å². The number of nitriles is 2. The van der Waals surface area contributed by atoms with Crippen LogP contribution in [0.4, 0.5) is 5.82 Å². The first kappa shape index (κ1) is 19.7. The highest BCUT2D eigenvalue weighted by molar-refractivity contribution is 5.97. The molecule has 0 unspecified atom stereocenters. The summed E-state index contributed by atoms with van der Waals surface area (Å²) in [4.78, 5) is 24.6. The van der Waals surface area contributed by atoms with Gasteiger partial charge in [0.1, 0.15) is 17.7 Å². The van der Waals surface area contributed by atoms with Gasteiger partial charge in [-0.3, -0.25) is 9.89 Å². The van der Waals surface area contributed by atoms with Gasteiger partial charge in [-0.1, -0.05) is 12.6 Å². The van der Waals surface area contributed by atoms with Crippen molar-refractivity contribution in [1.82, 2.24) is 25.1 Å². The number of H-pyrrole nitrogens is 1. The van der Waals surface area contributed by atoms with E-state index in [0.717, 1.165) is 28.5 Å². The third kappa shape index (κ3) is 2.90. The zero-order valence-electron chi connectivity index (χ0n) is 17.6. The summed E-state index contributed by atoms with van der Waals surface area (Å²) in [6, 6.07) is 8.20. The van der Waals surface area contributed by atoms with Crippen LogP contribution in [0.1, 0.15) is 23.4 Å². The van der Waals surface area contributed by atoms with Crippen LogP contribution in [-0.2, 0) is 4.79 Å². The van der Waals surface area contributed by atoms with Crippen LogP contribution in [0.2, 0.25) is 0 Å². The van der Waals surface area contributed by atoms with Gasteiger partial charge in [-0.05, 0) is 31.1 Å². The summed E-state index contributed by atoms with van der Waals surface area (Å²) in [6.07, 6.45) is 3.93. The van der Waals surface area contributed by atoms with Gasteiger partial charge >= 0.3 is 0 Å². The van der Waals surface area contributed by atoms with Crippen molar-refractivity contribution in [2.24, 2.45) is 5.41 Å². The van der Waals surface area contributed by atoms with Gasteiger partial charge in [0.05, 0.1) is 17.4 Å². The molecule has 1 aromatic carbocycles. The fourth-order valence-electron chi connectivity index (χ4n) is 4.87. The molecule has 2 aliphatic heterocycles. The zero-order chi connectivity index (χ0) is 22.5. The molecule has 2 aromatic heterocycles. The van der Waals surface area contributed by atoms with Crippen LogP contribution in [-0.4, -0.2) is 57.2 Å². The molecule has 32 heavy (non-hydrogen) atoms. The number of aryl methyl sites for hydroxylation is 1. The summed E-state index contributed by atoms with van der Waals surface area (Å²) in [6.45, 7) is 8.18. The molecule has 4 heterocycles. The fourth-order valence-corrected chi connectivity index (χ4v) is 4.87. The van der Waals surface area contributed by atoms with E-state index in [1.807, 2.05) is 30.0 Å². The van der Waals surface area contributed by atoms with E-state index in [1.165, 1.54) is 6.08 Å². The average Bonchev–Trinajstić information content (AvgIpc) is 3.44. The summed E-state index contributed by atoms with van der Waals surface area (Å²) < 4.78 is 0. The summed E-state index contributed by atoms with van der Waals surface area (Å²) in [7, 11) is 0. The summed E-state index contributed by atoms with van der Waals surface area (Å²) >= 11 is 0. The first-order chi connectivity index (χ1) is 15.5. The monoisotopic (exact) mass is 424 g/mol. The van der Waals surface area contributed by atoms with Crippen LogP contribution < -0.4 is 4.90 Å². The minimum Gasteiger partial charge on any atom is -0.355 e. The summed E-state index contributed by atoms with van der Waals surface area (Å²) in [5.74, 6) is 0.429. The highest BCUT2D eigenvalue weighted by Crippen LogP contribution is 2.43. The Bertz CT molecular complexity index is 1350. The van der Waals surface area contributed by atoms with E-state index in [4.69, 9.17) is 0 Å². The highest BCUT2D eigenvalue weighted by atomic mass is 16.2. The molecule has 158 valence electrons. The van der Waals surface area contributed by atoms with Gasteiger partial charge in [0.25, 0.3) is 0 Å². The molecule has 0 radical (unpaired) electrons. The van der Waals surface area contributed by atoms with Crippen molar-refractivity contribution in [3.05, 3.63) is 47.9 Å². The number of amides is 1. The smallest absolute Gasteiger partial charge is 0.245 e. The number of carbonyl (C=O) groups excluding carboxylic acids is 1. The lowest BCUT2D eigenvalue weighted by Crippen LogP contribution is -2.59. The molecular formula is C23H20N8O. The maximum atomic E-state index is 11.9. The van der Waals surface area contributed by atoms with Gasteiger partial charge < -0.3 is 9.80 Å².